The molecule has 0 aliphatic carbocycles. The highest BCUT2D eigenvalue weighted by Crippen LogP contribution is 2.37. The van der Waals surface area contributed by atoms with Crippen LogP contribution in [0.5, 0.6) is 0 Å². The average Bonchev–Trinajstić information content (AvgIpc) is 2.51. The van der Waals surface area contributed by atoms with Gasteiger partial charge in [0.25, 0.3) is 0 Å². The van der Waals surface area contributed by atoms with Gasteiger partial charge in [0.1, 0.15) is 5.69 Å². The largest absolute Gasteiger partial charge is 0.413 e. The summed E-state index contributed by atoms with van der Waals surface area (Å²) in [6, 6.07) is 11.1. The number of carbonyl (C=O) groups is 1. The van der Waals surface area contributed by atoms with E-state index in [4.69, 9.17) is 4.43 Å². The van der Waals surface area contributed by atoms with E-state index in [-0.39, 0.29) is 10.8 Å². The molecule has 24 heavy (non-hydrogen) atoms. The molecule has 2 rings (SSSR count). The maximum Gasteiger partial charge on any atom is 0.211 e. The zero-order valence-electron chi connectivity index (χ0n) is 14.9. The Balaban J connectivity index is 2.22. The van der Waals surface area contributed by atoms with Crippen molar-refractivity contribution >= 4 is 30.0 Å². The van der Waals surface area contributed by atoms with Crippen molar-refractivity contribution in [3.8, 4) is 0 Å². The zero-order chi connectivity index (χ0) is 18.0. The second kappa shape index (κ2) is 7.29. The van der Waals surface area contributed by atoms with Crippen LogP contribution in [0.1, 0.15) is 42.4 Å². The van der Waals surface area contributed by atoms with Gasteiger partial charge in [0.15, 0.2) is 8.32 Å². The summed E-state index contributed by atoms with van der Waals surface area (Å²) in [4.78, 5) is 16.7. The molecular formula is C19H24BrNO2Si. The highest BCUT2D eigenvalue weighted by atomic mass is 79.9. The first-order chi connectivity index (χ1) is 11.1. The molecular weight excluding hydrogens is 382 g/mol. The highest BCUT2D eigenvalue weighted by molar-refractivity contribution is 9.10. The molecule has 0 saturated carbocycles. The third kappa shape index (κ3) is 4.62. The Hall–Kier alpha value is -1.30. The molecule has 0 bridgehead atoms. The van der Waals surface area contributed by atoms with Crippen LogP contribution in [0.2, 0.25) is 18.1 Å². The van der Waals surface area contributed by atoms with Gasteiger partial charge in [0.05, 0.1) is 6.61 Å². The monoisotopic (exact) mass is 405 g/mol. The maximum atomic E-state index is 12.6. The average molecular weight is 406 g/mol. The molecule has 0 fully saturated rings. The van der Waals surface area contributed by atoms with E-state index in [1.54, 1.807) is 18.3 Å². The highest BCUT2D eigenvalue weighted by Gasteiger charge is 2.37. The van der Waals surface area contributed by atoms with Crippen LogP contribution in [0.25, 0.3) is 0 Å². The molecule has 0 spiro atoms. The topological polar surface area (TPSA) is 39.2 Å². The van der Waals surface area contributed by atoms with Gasteiger partial charge in [-0.05, 0) is 54.0 Å². The van der Waals surface area contributed by atoms with Crippen molar-refractivity contribution in [2.75, 3.05) is 0 Å². The van der Waals surface area contributed by atoms with Gasteiger partial charge in [-0.2, -0.15) is 0 Å². The fourth-order valence-electron chi connectivity index (χ4n) is 1.99. The molecule has 0 radical (unpaired) electrons. The minimum atomic E-state index is -1.83. The molecule has 0 saturated heterocycles. The summed E-state index contributed by atoms with van der Waals surface area (Å²) >= 11 is 3.50. The lowest BCUT2D eigenvalue weighted by atomic mass is 10.1. The summed E-state index contributed by atoms with van der Waals surface area (Å²) in [5, 5.41) is 0.158. The number of nitrogens with zero attached hydrogens (tertiary/aromatic N) is 1. The van der Waals surface area contributed by atoms with Gasteiger partial charge in [-0.25, -0.2) is 0 Å². The van der Waals surface area contributed by atoms with Gasteiger partial charge in [0.2, 0.25) is 5.78 Å². The van der Waals surface area contributed by atoms with Gasteiger partial charge >= 0.3 is 0 Å². The minimum Gasteiger partial charge on any atom is -0.413 e. The van der Waals surface area contributed by atoms with Gasteiger partial charge in [-0.15, -0.1) is 0 Å². The van der Waals surface area contributed by atoms with Crippen LogP contribution in [0.3, 0.4) is 0 Å². The number of hydrogen-bond donors (Lipinski definition) is 0. The van der Waals surface area contributed by atoms with E-state index >= 15 is 0 Å². The van der Waals surface area contributed by atoms with E-state index in [9.17, 15) is 4.79 Å². The van der Waals surface area contributed by atoms with Crippen molar-refractivity contribution in [2.24, 2.45) is 0 Å². The van der Waals surface area contributed by atoms with Crippen LogP contribution in [-0.4, -0.2) is 19.1 Å². The van der Waals surface area contributed by atoms with Crippen LogP contribution in [0.4, 0.5) is 0 Å². The molecule has 0 atom stereocenters. The van der Waals surface area contributed by atoms with E-state index in [2.05, 4.69) is 54.8 Å². The number of halogens is 1. The molecule has 3 nitrogen and oxygen atoms in total. The van der Waals surface area contributed by atoms with Crippen LogP contribution in [0.15, 0.2) is 47.1 Å². The minimum absolute atomic E-state index is 0.0783. The molecule has 0 aliphatic rings. The molecule has 5 heteroatoms. The number of benzene rings is 1. The maximum absolute atomic E-state index is 12.6. The summed E-state index contributed by atoms with van der Waals surface area (Å²) in [6.45, 7) is 11.6. The Morgan fingerprint density at radius 2 is 1.92 bits per heavy atom. The fourth-order valence-corrected chi connectivity index (χ4v) is 3.49. The van der Waals surface area contributed by atoms with Crippen molar-refractivity contribution < 1.29 is 9.22 Å². The predicted molar refractivity (Wildman–Crippen MR) is 104 cm³/mol. The lowest BCUT2D eigenvalue weighted by Crippen LogP contribution is -2.40. The first-order valence-electron chi connectivity index (χ1n) is 7.99. The normalized spacial score (nSPS) is 12.2. The molecule has 2 aromatic rings. The van der Waals surface area contributed by atoms with E-state index < -0.39 is 8.32 Å². The Bertz CT molecular complexity index is 724. The predicted octanol–water partition coefficient (Wildman–Crippen LogP) is 5.60. The van der Waals surface area contributed by atoms with Gasteiger partial charge < -0.3 is 4.43 Å². The molecule has 128 valence electrons. The Labute approximate surface area is 153 Å². The SMILES string of the molecule is CC(C)(C)[Si](C)(C)OCc1cc(Br)cc(C(=O)c2ccccn2)c1. The summed E-state index contributed by atoms with van der Waals surface area (Å²) in [5.74, 6) is -0.0783. The Kier molecular flexibility index (Phi) is 5.78. The fraction of sp³-hybridized carbons (Fsp3) is 0.368. The molecule has 1 aromatic heterocycles. The summed E-state index contributed by atoms with van der Waals surface area (Å²) in [7, 11) is -1.83. The van der Waals surface area contributed by atoms with E-state index in [1.807, 2.05) is 24.3 Å². The molecule has 0 amide bonds. The van der Waals surface area contributed by atoms with Gasteiger partial charge in [-0.3, -0.25) is 9.78 Å². The van der Waals surface area contributed by atoms with Crippen LogP contribution in [-0.2, 0) is 11.0 Å². The molecule has 1 aromatic carbocycles. The number of aromatic nitrogens is 1. The van der Waals surface area contributed by atoms with Crippen molar-refractivity contribution in [1.29, 1.82) is 0 Å². The van der Waals surface area contributed by atoms with Crippen LogP contribution < -0.4 is 0 Å². The van der Waals surface area contributed by atoms with E-state index in [0.717, 1.165) is 10.0 Å². The second-order valence-electron chi connectivity index (χ2n) is 7.44. The third-order valence-corrected chi connectivity index (χ3v) is 9.46. The van der Waals surface area contributed by atoms with E-state index in [0.29, 0.717) is 17.9 Å². The first-order valence-corrected chi connectivity index (χ1v) is 11.7. The van der Waals surface area contributed by atoms with Crippen molar-refractivity contribution in [1.82, 2.24) is 4.98 Å². The molecule has 0 N–H and O–H groups in total. The van der Waals surface area contributed by atoms with Crippen LogP contribution in [0, 0.1) is 0 Å². The number of rotatable bonds is 5. The third-order valence-electron chi connectivity index (χ3n) is 4.52. The molecule has 1 heterocycles. The summed E-state index contributed by atoms with van der Waals surface area (Å²) in [6.07, 6.45) is 1.63. The lowest BCUT2D eigenvalue weighted by molar-refractivity contribution is 0.103. The Morgan fingerprint density at radius 1 is 1.21 bits per heavy atom. The number of hydrogen-bond acceptors (Lipinski definition) is 3. The summed E-state index contributed by atoms with van der Waals surface area (Å²) in [5.41, 5.74) is 2.07. The van der Waals surface area contributed by atoms with Crippen LogP contribution >= 0.6 is 15.9 Å². The number of carbonyl (C=O) groups excluding carboxylic acids is 1. The molecule has 0 aliphatic heterocycles. The lowest BCUT2D eigenvalue weighted by Gasteiger charge is -2.36. The van der Waals surface area contributed by atoms with Crippen molar-refractivity contribution in [3.63, 3.8) is 0 Å². The Morgan fingerprint density at radius 3 is 2.50 bits per heavy atom. The summed E-state index contributed by atoms with van der Waals surface area (Å²) < 4.78 is 7.14. The molecule has 0 unspecified atom stereocenters. The smallest absolute Gasteiger partial charge is 0.211 e. The standard InChI is InChI=1S/C19H24BrNO2Si/c1-19(2,3)24(4,5)23-13-14-10-15(12-16(20)11-14)18(22)17-8-6-7-9-21-17/h6-12H,13H2,1-5H3. The second-order valence-corrected chi connectivity index (χ2v) is 13.2. The first kappa shape index (κ1) is 19.0. The van der Waals surface area contributed by atoms with Crippen molar-refractivity contribution in [2.45, 2.75) is 45.5 Å². The van der Waals surface area contributed by atoms with Crippen molar-refractivity contribution in [3.05, 3.63) is 63.9 Å². The van der Waals surface area contributed by atoms with Gasteiger partial charge in [-0.1, -0.05) is 42.8 Å². The number of pyridine rings is 1. The van der Waals surface area contributed by atoms with Gasteiger partial charge in [0, 0.05) is 16.2 Å². The quantitative estimate of drug-likeness (QED) is 0.480. The zero-order valence-corrected chi connectivity index (χ0v) is 17.5. The number of ketones is 1. The van der Waals surface area contributed by atoms with E-state index in [1.165, 1.54) is 0 Å².